The van der Waals surface area contributed by atoms with Crippen LogP contribution in [0.25, 0.3) is 50.0 Å². The Morgan fingerprint density at radius 2 is 1.34 bits per heavy atom. The highest BCUT2D eigenvalue weighted by atomic mass is 15.0. The van der Waals surface area contributed by atoms with Gasteiger partial charge in [0.2, 0.25) is 0 Å². The van der Waals surface area contributed by atoms with Crippen molar-refractivity contribution in [1.29, 1.82) is 0 Å². The Morgan fingerprint density at radius 1 is 0.690 bits per heavy atom. The molecule has 0 amide bonds. The highest BCUT2D eigenvalue weighted by molar-refractivity contribution is 5.89. The lowest BCUT2D eigenvalue weighted by Gasteiger charge is -2.07. The summed E-state index contributed by atoms with van der Waals surface area (Å²) in [7, 11) is 4.13. The number of aromatic nitrogens is 5. The number of imidazole rings is 1. The molecular formula is C24H19N5. The number of hydrogen-bond acceptors (Lipinski definition) is 2. The molecule has 5 heteroatoms. The number of nitrogens with zero attached hydrogens (tertiary/aromatic N) is 5. The van der Waals surface area contributed by atoms with E-state index in [9.17, 15) is 0 Å². The van der Waals surface area contributed by atoms with Gasteiger partial charge in [-0.2, -0.15) is 0 Å². The third-order valence-electron chi connectivity index (χ3n) is 5.77. The van der Waals surface area contributed by atoms with Crippen molar-refractivity contribution in [2.24, 2.45) is 14.1 Å². The van der Waals surface area contributed by atoms with Gasteiger partial charge in [0, 0.05) is 71.8 Å². The summed E-state index contributed by atoms with van der Waals surface area (Å²) in [6.07, 6.45) is 9.94. The van der Waals surface area contributed by atoms with E-state index in [2.05, 4.69) is 93.5 Å². The van der Waals surface area contributed by atoms with Crippen molar-refractivity contribution in [3.8, 4) is 22.5 Å². The van der Waals surface area contributed by atoms with Crippen LogP contribution in [0.5, 0.6) is 0 Å². The van der Waals surface area contributed by atoms with Gasteiger partial charge in [0.15, 0.2) is 5.65 Å². The zero-order valence-electron chi connectivity index (χ0n) is 16.2. The van der Waals surface area contributed by atoms with Crippen molar-refractivity contribution >= 4 is 27.5 Å². The van der Waals surface area contributed by atoms with Crippen LogP contribution in [0, 0.1) is 0 Å². The summed E-state index contributed by atoms with van der Waals surface area (Å²) in [5, 5.41) is 2.43. The minimum atomic E-state index is 0.867. The van der Waals surface area contributed by atoms with Crippen molar-refractivity contribution in [1.82, 2.24) is 23.5 Å². The van der Waals surface area contributed by atoms with E-state index in [4.69, 9.17) is 4.98 Å². The Morgan fingerprint density at radius 3 is 2.07 bits per heavy atom. The molecule has 2 aromatic carbocycles. The van der Waals surface area contributed by atoms with E-state index < -0.39 is 0 Å². The number of benzene rings is 2. The topological polar surface area (TPSA) is 40.0 Å². The Labute approximate surface area is 167 Å². The SMILES string of the molecule is Cn1ccc2cc(-c3nccn4c(-c5ccc6c(ccn6C)c5)cnc34)ccc21. The molecule has 6 aromatic rings. The smallest absolute Gasteiger partial charge is 0.163 e. The van der Waals surface area contributed by atoms with Crippen LogP contribution in [0.3, 0.4) is 0 Å². The molecule has 140 valence electrons. The van der Waals surface area contributed by atoms with E-state index in [1.54, 1.807) is 0 Å². The summed E-state index contributed by atoms with van der Waals surface area (Å²) in [4.78, 5) is 9.39. The highest BCUT2D eigenvalue weighted by Crippen LogP contribution is 2.30. The molecule has 0 saturated carbocycles. The van der Waals surface area contributed by atoms with Crippen molar-refractivity contribution in [3.63, 3.8) is 0 Å². The number of hydrogen-bond donors (Lipinski definition) is 0. The van der Waals surface area contributed by atoms with E-state index in [1.165, 1.54) is 21.8 Å². The first-order valence-electron chi connectivity index (χ1n) is 9.62. The molecule has 0 fully saturated rings. The van der Waals surface area contributed by atoms with Crippen LogP contribution >= 0.6 is 0 Å². The summed E-state index contributed by atoms with van der Waals surface area (Å²) < 4.78 is 6.39. The molecule has 0 radical (unpaired) electrons. The molecule has 0 aliphatic rings. The van der Waals surface area contributed by atoms with Gasteiger partial charge >= 0.3 is 0 Å². The second kappa shape index (κ2) is 5.82. The Kier molecular flexibility index (Phi) is 3.23. The first-order valence-corrected chi connectivity index (χ1v) is 9.62. The molecule has 29 heavy (non-hydrogen) atoms. The van der Waals surface area contributed by atoms with Gasteiger partial charge in [-0.15, -0.1) is 0 Å². The van der Waals surface area contributed by atoms with Gasteiger partial charge in [0.25, 0.3) is 0 Å². The molecule has 0 unspecified atom stereocenters. The molecule has 6 rings (SSSR count). The number of aryl methyl sites for hydroxylation is 2. The largest absolute Gasteiger partial charge is 0.351 e. The monoisotopic (exact) mass is 377 g/mol. The minimum absolute atomic E-state index is 0.867. The Bertz CT molecular complexity index is 1530. The fourth-order valence-electron chi connectivity index (χ4n) is 4.21. The maximum atomic E-state index is 4.73. The molecule has 4 aromatic heterocycles. The Hall–Kier alpha value is -3.86. The number of rotatable bonds is 2. The predicted molar refractivity (Wildman–Crippen MR) is 117 cm³/mol. The summed E-state index contributed by atoms with van der Waals surface area (Å²) in [5.74, 6) is 0. The standard InChI is InChI=1S/C24H19N5/c1-27-10-7-17-13-16(3-5-20(17)27)22-15-26-24-23(25-9-12-29(22)24)19-4-6-21-18(14-19)8-11-28(21)2/h3-15H,1-2H3. The fraction of sp³-hybridized carbons (Fsp3) is 0.0833. The van der Waals surface area contributed by atoms with Gasteiger partial charge in [-0.25, -0.2) is 4.98 Å². The van der Waals surface area contributed by atoms with Gasteiger partial charge in [0.05, 0.1) is 11.9 Å². The molecule has 0 atom stereocenters. The predicted octanol–water partition coefficient (Wildman–Crippen LogP) is 5.05. The first kappa shape index (κ1) is 16.1. The normalized spacial score (nSPS) is 11.8. The fourth-order valence-corrected chi connectivity index (χ4v) is 4.21. The summed E-state index contributed by atoms with van der Waals surface area (Å²) in [6.45, 7) is 0. The lowest BCUT2D eigenvalue weighted by Crippen LogP contribution is -1.94. The van der Waals surface area contributed by atoms with Crippen LogP contribution in [-0.2, 0) is 14.1 Å². The maximum Gasteiger partial charge on any atom is 0.163 e. The molecule has 5 nitrogen and oxygen atoms in total. The van der Waals surface area contributed by atoms with Crippen LogP contribution in [0.4, 0.5) is 0 Å². The highest BCUT2D eigenvalue weighted by Gasteiger charge is 2.13. The van der Waals surface area contributed by atoms with Crippen LogP contribution < -0.4 is 0 Å². The van der Waals surface area contributed by atoms with Crippen molar-refractivity contribution in [3.05, 3.63) is 79.5 Å². The average molecular weight is 377 g/mol. The minimum Gasteiger partial charge on any atom is -0.351 e. The number of fused-ring (bicyclic) bond motifs is 3. The molecule has 0 N–H and O–H groups in total. The lowest BCUT2D eigenvalue weighted by atomic mass is 10.1. The molecule has 0 aliphatic heterocycles. The maximum absolute atomic E-state index is 4.73. The average Bonchev–Trinajstić information content (AvgIpc) is 3.45. The molecule has 4 heterocycles. The van der Waals surface area contributed by atoms with E-state index in [0.29, 0.717) is 0 Å². The zero-order valence-corrected chi connectivity index (χ0v) is 16.2. The van der Waals surface area contributed by atoms with Crippen molar-refractivity contribution in [2.45, 2.75) is 0 Å². The third kappa shape index (κ3) is 2.34. The third-order valence-corrected chi connectivity index (χ3v) is 5.77. The van der Waals surface area contributed by atoms with Gasteiger partial charge in [0.1, 0.15) is 5.69 Å². The zero-order chi connectivity index (χ0) is 19.5. The van der Waals surface area contributed by atoms with E-state index >= 15 is 0 Å². The molecule has 0 spiro atoms. The summed E-state index contributed by atoms with van der Waals surface area (Å²) in [5.41, 5.74) is 7.48. The van der Waals surface area contributed by atoms with E-state index in [0.717, 1.165) is 28.2 Å². The van der Waals surface area contributed by atoms with Gasteiger partial charge < -0.3 is 9.13 Å². The van der Waals surface area contributed by atoms with Crippen LogP contribution in [-0.4, -0.2) is 23.5 Å². The van der Waals surface area contributed by atoms with Gasteiger partial charge in [-0.1, -0.05) is 12.1 Å². The Balaban J connectivity index is 1.53. The summed E-state index contributed by atoms with van der Waals surface area (Å²) in [6, 6.07) is 17.3. The van der Waals surface area contributed by atoms with Crippen LogP contribution in [0.1, 0.15) is 0 Å². The first-order chi connectivity index (χ1) is 14.2. The quantitative estimate of drug-likeness (QED) is 0.424. The van der Waals surface area contributed by atoms with E-state index in [1.807, 2.05) is 18.6 Å². The van der Waals surface area contributed by atoms with Crippen LogP contribution in [0.2, 0.25) is 0 Å². The summed E-state index contributed by atoms with van der Waals surface area (Å²) >= 11 is 0. The van der Waals surface area contributed by atoms with E-state index in [-0.39, 0.29) is 0 Å². The molecule has 0 saturated heterocycles. The molecule has 0 bridgehead atoms. The lowest BCUT2D eigenvalue weighted by molar-refractivity contribution is 0.969. The van der Waals surface area contributed by atoms with Crippen molar-refractivity contribution in [2.75, 3.05) is 0 Å². The molecular weight excluding hydrogens is 358 g/mol. The molecule has 0 aliphatic carbocycles. The van der Waals surface area contributed by atoms with Crippen molar-refractivity contribution < 1.29 is 0 Å². The van der Waals surface area contributed by atoms with Crippen LogP contribution in [0.15, 0.2) is 79.5 Å². The second-order valence-electron chi connectivity index (χ2n) is 7.51. The van der Waals surface area contributed by atoms with Gasteiger partial charge in [-0.05, 0) is 36.4 Å². The van der Waals surface area contributed by atoms with Gasteiger partial charge in [-0.3, -0.25) is 9.38 Å². The second-order valence-corrected chi connectivity index (χ2v) is 7.51.